The average molecular weight is 284 g/mol. The number of hydrogen-bond donors (Lipinski definition) is 1. The maximum atomic E-state index is 12.5. The molecule has 0 aliphatic carbocycles. The van der Waals surface area contributed by atoms with E-state index in [9.17, 15) is 13.6 Å². The minimum absolute atomic E-state index is 0.0124. The SMILES string of the molecule is CC(C)(C)c1ccc(C(=O)N(CCN)CC(F)F)cc1. The molecule has 0 atom stereocenters. The summed E-state index contributed by atoms with van der Waals surface area (Å²) in [5, 5.41) is 0. The summed E-state index contributed by atoms with van der Waals surface area (Å²) in [6, 6.07) is 7.07. The van der Waals surface area contributed by atoms with Crippen molar-refractivity contribution in [3.8, 4) is 0 Å². The number of rotatable bonds is 5. The summed E-state index contributed by atoms with van der Waals surface area (Å²) in [5.74, 6) is -0.406. The molecule has 1 amide bonds. The Balaban J connectivity index is 2.89. The van der Waals surface area contributed by atoms with Crippen molar-refractivity contribution in [3.05, 3.63) is 35.4 Å². The molecule has 2 N–H and O–H groups in total. The van der Waals surface area contributed by atoms with Crippen LogP contribution in [0.3, 0.4) is 0 Å². The highest BCUT2D eigenvalue weighted by molar-refractivity contribution is 5.94. The summed E-state index contributed by atoms with van der Waals surface area (Å²) in [7, 11) is 0. The molecular weight excluding hydrogens is 262 g/mol. The second kappa shape index (κ2) is 6.79. The van der Waals surface area contributed by atoms with Crippen molar-refractivity contribution in [2.45, 2.75) is 32.6 Å². The van der Waals surface area contributed by atoms with Crippen LogP contribution in [-0.2, 0) is 5.41 Å². The van der Waals surface area contributed by atoms with Gasteiger partial charge in [-0.25, -0.2) is 8.78 Å². The van der Waals surface area contributed by atoms with Crippen LogP contribution in [0.4, 0.5) is 8.78 Å². The van der Waals surface area contributed by atoms with Crippen molar-refractivity contribution in [1.29, 1.82) is 0 Å². The molecule has 0 aliphatic rings. The molecule has 0 aliphatic heterocycles. The Kier molecular flexibility index (Phi) is 5.62. The van der Waals surface area contributed by atoms with Crippen LogP contribution < -0.4 is 5.73 Å². The normalized spacial score (nSPS) is 11.8. The van der Waals surface area contributed by atoms with Crippen molar-refractivity contribution < 1.29 is 13.6 Å². The van der Waals surface area contributed by atoms with E-state index in [4.69, 9.17) is 5.73 Å². The molecule has 3 nitrogen and oxygen atoms in total. The van der Waals surface area contributed by atoms with E-state index < -0.39 is 18.9 Å². The number of halogens is 2. The van der Waals surface area contributed by atoms with Crippen LogP contribution >= 0.6 is 0 Å². The Labute approximate surface area is 118 Å². The lowest BCUT2D eigenvalue weighted by Crippen LogP contribution is -2.38. The lowest BCUT2D eigenvalue weighted by Gasteiger charge is -2.23. The summed E-state index contributed by atoms with van der Waals surface area (Å²) in [4.78, 5) is 13.3. The summed E-state index contributed by atoms with van der Waals surface area (Å²) >= 11 is 0. The lowest BCUT2D eigenvalue weighted by molar-refractivity contribution is 0.0563. The highest BCUT2D eigenvalue weighted by Gasteiger charge is 2.20. The Morgan fingerprint density at radius 1 is 1.25 bits per heavy atom. The number of nitrogens with zero attached hydrogens (tertiary/aromatic N) is 1. The molecule has 0 saturated heterocycles. The van der Waals surface area contributed by atoms with Crippen LogP contribution in [-0.4, -0.2) is 36.9 Å². The Hall–Kier alpha value is -1.49. The third kappa shape index (κ3) is 4.56. The van der Waals surface area contributed by atoms with E-state index in [-0.39, 0.29) is 18.5 Å². The molecular formula is C15H22F2N2O. The first-order valence-electron chi connectivity index (χ1n) is 6.63. The molecule has 1 rings (SSSR count). The van der Waals surface area contributed by atoms with Crippen molar-refractivity contribution >= 4 is 5.91 Å². The van der Waals surface area contributed by atoms with Crippen LogP contribution in [0.5, 0.6) is 0 Å². The summed E-state index contributed by atoms with van der Waals surface area (Å²) in [5.41, 5.74) is 6.85. The summed E-state index contributed by atoms with van der Waals surface area (Å²) in [6.45, 7) is 5.92. The van der Waals surface area contributed by atoms with Gasteiger partial charge < -0.3 is 10.6 Å². The molecule has 0 saturated carbocycles. The van der Waals surface area contributed by atoms with Crippen LogP contribution in [0.25, 0.3) is 0 Å². The van der Waals surface area contributed by atoms with Gasteiger partial charge in [-0.3, -0.25) is 4.79 Å². The standard InChI is InChI=1S/C15H22F2N2O/c1-15(2,3)12-6-4-11(5-7-12)14(20)19(9-8-18)10-13(16)17/h4-7,13H,8-10,18H2,1-3H3. The monoisotopic (exact) mass is 284 g/mol. The highest BCUT2D eigenvalue weighted by atomic mass is 19.3. The van der Waals surface area contributed by atoms with E-state index in [1.54, 1.807) is 12.1 Å². The predicted molar refractivity (Wildman–Crippen MR) is 76.1 cm³/mol. The minimum Gasteiger partial charge on any atom is -0.332 e. The van der Waals surface area contributed by atoms with Gasteiger partial charge >= 0.3 is 0 Å². The molecule has 0 spiro atoms. The largest absolute Gasteiger partial charge is 0.332 e. The van der Waals surface area contributed by atoms with Gasteiger partial charge in [0.15, 0.2) is 0 Å². The zero-order valence-corrected chi connectivity index (χ0v) is 12.2. The van der Waals surface area contributed by atoms with E-state index in [2.05, 4.69) is 20.8 Å². The maximum Gasteiger partial charge on any atom is 0.255 e. The molecule has 112 valence electrons. The Morgan fingerprint density at radius 3 is 2.20 bits per heavy atom. The first kappa shape index (κ1) is 16.6. The summed E-state index contributed by atoms with van der Waals surface area (Å²) < 4.78 is 24.9. The van der Waals surface area contributed by atoms with Gasteiger partial charge in [0, 0.05) is 18.7 Å². The number of alkyl halides is 2. The molecule has 0 aromatic heterocycles. The van der Waals surface area contributed by atoms with E-state index in [0.717, 1.165) is 10.5 Å². The van der Waals surface area contributed by atoms with Gasteiger partial charge in [-0.2, -0.15) is 0 Å². The van der Waals surface area contributed by atoms with E-state index >= 15 is 0 Å². The van der Waals surface area contributed by atoms with Gasteiger partial charge in [0.05, 0.1) is 6.54 Å². The van der Waals surface area contributed by atoms with Crippen molar-refractivity contribution in [3.63, 3.8) is 0 Å². The molecule has 1 aromatic rings. The average Bonchev–Trinajstić information content (AvgIpc) is 2.36. The first-order valence-corrected chi connectivity index (χ1v) is 6.63. The quantitative estimate of drug-likeness (QED) is 0.903. The third-order valence-corrected chi connectivity index (χ3v) is 3.04. The minimum atomic E-state index is -2.56. The van der Waals surface area contributed by atoms with Crippen molar-refractivity contribution in [2.75, 3.05) is 19.6 Å². The fraction of sp³-hybridized carbons (Fsp3) is 0.533. The zero-order valence-electron chi connectivity index (χ0n) is 12.2. The molecule has 0 radical (unpaired) electrons. The number of hydrogen-bond acceptors (Lipinski definition) is 2. The topological polar surface area (TPSA) is 46.3 Å². The van der Waals surface area contributed by atoms with Gasteiger partial charge in [0.1, 0.15) is 0 Å². The number of amides is 1. The number of carbonyl (C=O) groups is 1. The maximum absolute atomic E-state index is 12.5. The smallest absolute Gasteiger partial charge is 0.255 e. The molecule has 5 heteroatoms. The van der Waals surface area contributed by atoms with E-state index in [1.807, 2.05) is 12.1 Å². The van der Waals surface area contributed by atoms with Gasteiger partial charge in [-0.1, -0.05) is 32.9 Å². The fourth-order valence-corrected chi connectivity index (χ4v) is 1.89. The lowest BCUT2D eigenvalue weighted by atomic mass is 9.86. The second-order valence-electron chi connectivity index (χ2n) is 5.76. The van der Waals surface area contributed by atoms with Gasteiger partial charge in [-0.15, -0.1) is 0 Å². The first-order chi connectivity index (χ1) is 9.25. The van der Waals surface area contributed by atoms with E-state index in [0.29, 0.717) is 5.56 Å². The molecule has 0 unspecified atom stereocenters. The number of benzene rings is 1. The summed E-state index contributed by atoms with van der Waals surface area (Å²) in [6.07, 6.45) is -2.56. The van der Waals surface area contributed by atoms with Gasteiger partial charge in [-0.05, 0) is 23.1 Å². The van der Waals surface area contributed by atoms with Crippen molar-refractivity contribution in [1.82, 2.24) is 4.90 Å². The molecule has 1 aromatic carbocycles. The third-order valence-electron chi connectivity index (χ3n) is 3.04. The Morgan fingerprint density at radius 2 is 1.80 bits per heavy atom. The molecule has 20 heavy (non-hydrogen) atoms. The molecule has 0 fully saturated rings. The van der Waals surface area contributed by atoms with Crippen molar-refractivity contribution in [2.24, 2.45) is 5.73 Å². The zero-order chi connectivity index (χ0) is 15.3. The Bertz CT molecular complexity index is 438. The van der Waals surface area contributed by atoms with Crippen LogP contribution in [0.15, 0.2) is 24.3 Å². The van der Waals surface area contributed by atoms with Crippen LogP contribution in [0.2, 0.25) is 0 Å². The highest BCUT2D eigenvalue weighted by Crippen LogP contribution is 2.22. The molecule has 0 heterocycles. The number of nitrogens with two attached hydrogens (primary N) is 1. The fourth-order valence-electron chi connectivity index (χ4n) is 1.89. The second-order valence-corrected chi connectivity index (χ2v) is 5.76. The predicted octanol–water partition coefficient (Wildman–Crippen LogP) is 2.65. The molecule has 0 bridgehead atoms. The van der Waals surface area contributed by atoms with Crippen LogP contribution in [0.1, 0.15) is 36.7 Å². The van der Waals surface area contributed by atoms with Gasteiger partial charge in [0.25, 0.3) is 12.3 Å². The van der Waals surface area contributed by atoms with Gasteiger partial charge in [0.2, 0.25) is 0 Å². The number of carbonyl (C=O) groups excluding carboxylic acids is 1. The van der Waals surface area contributed by atoms with Crippen LogP contribution in [0, 0.1) is 0 Å². The van der Waals surface area contributed by atoms with E-state index in [1.165, 1.54) is 0 Å².